The fourth-order valence-corrected chi connectivity index (χ4v) is 7.37. The van der Waals surface area contributed by atoms with E-state index >= 15 is 0 Å². The fourth-order valence-electron chi connectivity index (χ4n) is 7.37. The standard InChI is InChI=1S/C35H39N3O3/c1-4-40-34(39)31-17-23(3)28-19-26(11-12-30(28)36-31)38-15-13-35(14-16-38)20-24(21-35)18-29-32(27-8-6-5-7-22(27)2)37-41-33(29)25-9-10-25/h5-8,11-12,17,19,24-25H,4,9-10,13-16,18,20-21H2,1-3H3. The number of nitrogens with zero attached hydrogens (tertiary/aromatic N) is 3. The first-order valence-electron chi connectivity index (χ1n) is 15.3. The van der Waals surface area contributed by atoms with Crippen LogP contribution in [0.5, 0.6) is 0 Å². The minimum atomic E-state index is -0.360. The van der Waals surface area contributed by atoms with Crippen molar-refractivity contribution in [1.82, 2.24) is 10.1 Å². The maximum absolute atomic E-state index is 12.2. The molecule has 4 aromatic rings. The molecular weight excluding hydrogens is 510 g/mol. The van der Waals surface area contributed by atoms with Gasteiger partial charge in [-0.3, -0.25) is 0 Å². The van der Waals surface area contributed by atoms with Crippen molar-refractivity contribution in [3.05, 3.63) is 76.7 Å². The van der Waals surface area contributed by atoms with Crippen LogP contribution in [0.1, 0.15) is 84.3 Å². The molecule has 6 nitrogen and oxygen atoms in total. The lowest BCUT2D eigenvalue weighted by molar-refractivity contribution is 0.0282. The second-order valence-corrected chi connectivity index (χ2v) is 12.7. The number of benzene rings is 2. The zero-order valence-corrected chi connectivity index (χ0v) is 24.4. The predicted octanol–water partition coefficient (Wildman–Crippen LogP) is 7.80. The highest BCUT2D eigenvalue weighted by atomic mass is 16.5. The zero-order chi connectivity index (χ0) is 28.1. The third kappa shape index (κ3) is 4.92. The molecule has 3 aliphatic rings. The van der Waals surface area contributed by atoms with Gasteiger partial charge in [-0.15, -0.1) is 0 Å². The molecule has 0 atom stereocenters. The summed E-state index contributed by atoms with van der Waals surface area (Å²) >= 11 is 0. The zero-order valence-electron chi connectivity index (χ0n) is 24.4. The van der Waals surface area contributed by atoms with Crippen LogP contribution in [-0.2, 0) is 11.2 Å². The van der Waals surface area contributed by atoms with E-state index in [0.717, 1.165) is 47.4 Å². The molecule has 41 heavy (non-hydrogen) atoms. The van der Waals surface area contributed by atoms with Crippen molar-refractivity contribution in [1.29, 1.82) is 0 Å². The lowest BCUT2D eigenvalue weighted by atomic mass is 9.56. The minimum Gasteiger partial charge on any atom is -0.461 e. The largest absolute Gasteiger partial charge is 0.461 e. The number of hydrogen-bond acceptors (Lipinski definition) is 6. The van der Waals surface area contributed by atoms with E-state index in [1.54, 1.807) is 0 Å². The van der Waals surface area contributed by atoms with Crippen molar-refractivity contribution in [2.24, 2.45) is 11.3 Å². The Bertz CT molecular complexity index is 1600. The van der Waals surface area contributed by atoms with Crippen LogP contribution in [0.3, 0.4) is 0 Å². The Morgan fingerprint density at radius 1 is 1.05 bits per heavy atom. The third-order valence-corrected chi connectivity index (χ3v) is 9.78. The molecular formula is C35H39N3O3. The van der Waals surface area contributed by atoms with Crippen LogP contribution in [0.4, 0.5) is 5.69 Å². The molecule has 2 aliphatic carbocycles. The average molecular weight is 550 g/mol. The number of esters is 1. The molecule has 1 spiro atoms. The van der Waals surface area contributed by atoms with Crippen molar-refractivity contribution in [2.45, 2.75) is 71.6 Å². The van der Waals surface area contributed by atoms with Gasteiger partial charge in [0.2, 0.25) is 0 Å². The van der Waals surface area contributed by atoms with Gasteiger partial charge in [0.05, 0.1) is 12.1 Å². The van der Waals surface area contributed by atoms with Gasteiger partial charge in [0.15, 0.2) is 0 Å². The molecule has 7 rings (SSSR count). The Kier molecular flexibility index (Phi) is 6.60. The van der Waals surface area contributed by atoms with E-state index in [-0.39, 0.29) is 5.97 Å². The fraction of sp³-hybridized carbons (Fsp3) is 0.457. The van der Waals surface area contributed by atoms with Crippen LogP contribution in [-0.4, -0.2) is 35.8 Å². The summed E-state index contributed by atoms with van der Waals surface area (Å²) in [6.45, 7) is 8.55. The Hall–Kier alpha value is -3.67. The first-order valence-corrected chi connectivity index (χ1v) is 15.3. The Morgan fingerprint density at radius 2 is 1.83 bits per heavy atom. The van der Waals surface area contributed by atoms with Crippen molar-refractivity contribution in [2.75, 3.05) is 24.6 Å². The van der Waals surface area contributed by atoms with Crippen LogP contribution < -0.4 is 4.90 Å². The van der Waals surface area contributed by atoms with Crippen molar-refractivity contribution in [3.8, 4) is 11.3 Å². The summed E-state index contributed by atoms with van der Waals surface area (Å²) in [4.78, 5) is 19.3. The smallest absolute Gasteiger partial charge is 0.356 e. The Labute approximate surface area is 242 Å². The predicted molar refractivity (Wildman–Crippen MR) is 161 cm³/mol. The molecule has 0 bridgehead atoms. The van der Waals surface area contributed by atoms with E-state index < -0.39 is 0 Å². The van der Waals surface area contributed by atoms with E-state index in [4.69, 9.17) is 9.26 Å². The van der Waals surface area contributed by atoms with E-state index in [1.807, 2.05) is 26.0 Å². The molecule has 2 saturated carbocycles. The number of fused-ring (bicyclic) bond motifs is 1. The lowest BCUT2D eigenvalue weighted by Crippen LogP contribution is -2.47. The van der Waals surface area contributed by atoms with E-state index in [9.17, 15) is 4.79 Å². The van der Waals surface area contributed by atoms with Gasteiger partial charge in [0, 0.05) is 41.2 Å². The van der Waals surface area contributed by atoms with Crippen molar-refractivity contribution >= 4 is 22.6 Å². The molecule has 3 heterocycles. The van der Waals surface area contributed by atoms with E-state index in [0.29, 0.717) is 29.6 Å². The van der Waals surface area contributed by atoms with Crippen LogP contribution in [0.2, 0.25) is 0 Å². The third-order valence-electron chi connectivity index (χ3n) is 9.78. The van der Waals surface area contributed by atoms with E-state index in [1.165, 1.54) is 60.9 Å². The summed E-state index contributed by atoms with van der Waals surface area (Å²) in [6, 6.07) is 16.9. The molecule has 6 heteroatoms. The summed E-state index contributed by atoms with van der Waals surface area (Å²) in [5, 5.41) is 5.71. The molecule has 212 valence electrons. The number of hydrogen-bond donors (Lipinski definition) is 0. The van der Waals surface area contributed by atoms with Crippen molar-refractivity contribution in [3.63, 3.8) is 0 Å². The number of carbonyl (C=O) groups excluding carboxylic acids is 1. The van der Waals surface area contributed by atoms with Gasteiger partial charge < -0.3 is 14.2 Å². The number of aryl methyl sites for hydroxylation is 2. The quantitative estimate of drug-likeness (QED) is 0.219. The number of ether oxygens (including phenoxy) is 1. The first kappa shape index (κ1) is 26.2. The van der Waals surface area contributed by atoms with Gasteiger partial charge in [-0.05, 0) is 112 Å². The molecule has 1 saturated heterocycles. The van der Waals surface area contributed by atoms with Gasteiger partial charge in [-0.2, -0.15) is 0 Å². The Balaban J connectivity index is 1.02. The second kappa shape index (κ2) is 10.3. The number of piperidine rings is 1. The summed E-state index contributed by atoms with van der Waals surface area (Å²) in [7, 11) is 0. The normalized spacial score (nSPS) is 18.6. The molecule has 0 amide bonds. The van der Waals surface area contributed by atoms with Gasteiger partial charge >= 0.3 is 5.97 Å². The maximum Gasteiger partial charge on any atom is 0.356 e. The number of anilines is 1. The number of aromatic nitrogens is 2. The lowest BCUT2D eigenvalue weighted by Gasteiger charge is -2.53. The monoisotopic (exact) mass is 549 g/mol. The summed E-state index contributed by atoms with van der Waals surface area (Å²) in [6.07, 6.45) is 8.65. The van der Waals surface area contributed by atoms with Crippen LogP contribution >= 0.6 is 0 Å². The van der Waals surface area contributed by atoms with E-state index in [2.05, 4.69) is 58.4 Å². The highest BCUT2D eigenvalue weighted by Gasteiger charge is 2.46. The number of carbonyl (C=O) groups is 1. The van der Waals surface area contributed by atoms with Gasteiger partial charge in [0.25, 0.3) is 0 Å². The maximum atomic E-state index is 12.2. The minimum absolute atomic E-state index is 0.351. The SMILES string of the molecule is CCOC(=O)c1cc(C)c2cc(N3CCC4(CC3)CC(Cc3c(-c5ccccc5C)noc3C3CC3)C4)ccc2n1. The van der Waals surface area contributed by atoms with Gasteiger partial charge in [-0.25, -0.2) is 9.78 Å². The second-order valence-electron chi connectivity index (χ2n) is 12.7. The first-order chi connectivity index (χ1) is 19.9. The number of rotatable bonds is 7. The highest BCUT2D eigenvalue weighted by Crippen LogP contribution is 2.55. The summed E-state index contributed by atoms with van der Waals surface area (Å²) < 4.78 is 11.1. The molecule has 0 N–H and O–H groups in total. The summed E-state index contributed by atoms with van der Waals surface area (Å²) in [5.74, 6) is 2.09. The molecule has 1 aliphatic heterocycles. The van der Waals surface area contributed by atoms with Crippen LogP contribution in [0.25, 0.3) is 22.2 Å². The van der Waals surface area contributed by atoms with Crippen LogP contribution in [0, 0.1) is 25.2 Å². The van der Waals surface area contributed by atoms with Crippen LogP contribution in [0.15, 0.2) is 53.1 Å². The highest BCUT2D eigenvalue weighted by molar-refractivity contribution is 5.93. The molecule has 2 aromatic carbocycles. The van der Waals surface area contributed by atoms with Crippen molar-refractivity contribution < 1.29 is 14.1 Å². The van der Waals surface area contributed by atoms with Gasteiger partial charge in [-0.1, -0.05) is 29.4 Å². The Morgan fingerprint density at radius 3 is 2.56 bits per heavy atom. The molecule has 2 aromatic heterocycles. The molecule has 3 fully saturated rings. The molecule has 0 radical (unpaired) electrons. The number of pyridine rings is 1. The molecule has 0 unspecified atom stereocenters. The summed E-state index contributed by atoms with van der Waals surface area (Å²) in [5.41, 5.74) is 8.95. The average Bonchev–Trinajstić information content (AvgIpc) is 3.73. The van der Waals surface area contributed by atoms with Gasteiger partial charge in [0.1, 0.15) is 17.1 Å². The topological polar surface area (TPSA) is 68.5 Å².